The highest BCUT2D eigenvalue weighted by molar-refractivity contribution is 7.22. The van der Waals surface area contributed by atoms with Gasteiger partial charge in [-0.1, -0.05) is 12.1 Å². The van der Waals surface area contributed by atoms with Gasteiger partial charge in [0.25, 0.3) is 5.69 Å². The van der Waals surface area contributed by atoms with Gasteiger partial charge in [0.2, 0.25) is 6.41 Å². The van der Waals surface area contributed by atoms with Crippen LogP contribution >= 0.6 is 11.3 Å². The quantitative estimate of drug-likeness (QED) is 0.400. The van der Waals surface area contributed by atoms with Crippen molar-refractivity contribution in [3.8, 4) is 0 Å². The van der Waals surface area contributed by atoms with Crippen molar-refractivity contribution in [2.24, 2.45) is 0 Å². The van der Waals surface area contributed by atoms with E-state index in [1.165, 1.54) is 19.2 Å². The number of hydrogen-bond acceptors (Lipinski definition) is 6. The molecule has 0 bridgehead atoms. The van der Waals surface area contributed by atoms with Gasteiger partial charge in [-0.15, -0.1) is 11.3 Å². The predicted octanol–water partition coefficient (Wildman–Crippen LogP) is 2.16. The third-order valence-corrected chi connectivity index (χ3v) is 3.67. The maximum Gasteiger partial charge on any atom is 0.350 e. The standard InChI is InChI=1S/C11H8N2O5S/c1-18-11(15)10-8(12-5-14)6-3-2-4-7(13(16)17)9(6)19-10/h2-5H,1H3,(H,12,14). The summed E-state index contributed by atoms with van der Waals surface area (Å²) in [4.78, 5) is 32.8. The molecule has 0 aliphatic carbocycles. The van der Waals surface area contributed by atoms with Crippen molar-refractivity contribution in [1.29, 1.82) is 0 Å². The molecule has 0 fully saturated rings. The van der Waals surface area contributed by atoms with Crippen LogP contribution in [0, 0.1) is 10.1 Å². The molecule has 19 heavy (non-hydrogen) atoms. The summed E-state index contributed by atoms with van der Waals surface area (Å²) in [7, 11) is 1.20. The molecule has 0 spiro atoms. The first-order valence-corrected chi connectivity index (χ1v) is 5.90. The number of nitro groups is 1. The number of non-ortho nitro benzene ring substituents is 1. The Balaban J connectivity index is 2.79. The Morgan fingerprint density at radius 2 is 2.26 bits per heavy atom. The zero-order valence-corrected chi connectivity index (χ0v) is 10.5. The average molecular weight is 280 g/mol. The number of thiophene rings is 1. The van der Waals surface area contributed by atoms with Crippen LogP contribution in [-0.4, -0.2) is 24.4 Å². The van der Waals surface area contributed by atoms with Crippen molar-refractivity contribution in [2.75, 3.05) is 12.4 Å². The fourth-order valence-electron chi connectivity index (χ4n) is 1.69. The lowest BCUT2D eigenvalue weighted by Crippen LogP contribution is -2.03. The molecule has 98 valence electrons. The molecular weight excluding hydrogens is 272 g/mol. The number of anilines is 1. The van der Waals surface area contributed by atoms with E-state index in [1.54, 1.807) is 6.07 Å². The smallest absolute Gasteiger partial charge is 0.350 e. The first-order valence-electron chi connectivity index (χ1n) is 5.08. The molecule has 1 aromatic heterocycles. The Kier molecular flexibility index (Phi) is 3.43. The summed E-state index contributed by atoms with van der Waals surface area (Å²) in [6.07, 6.45) is 0.409. The Hall–Kier alpha value is -2.48. The van der Waals surface area contributed by atoms with Crippen molar-refractivity contribution in [2.45, 2.75) is 0 Å². The highest BCUT2D eigenvalue weighted by atomic mass is 32.1. The van der Waals surface area contributed by atoms with Crippen LogP contribution in [0.3, 0.4) is 0 Å². The molecule has 0 radical (unpaired) electrons. The third-order valence-electron chi connectivity index (χ3n) is 2.47. The van der Waals surface area contributed by atoms with E-state index in [1.807, 2.05) is 0 Å². The number of esters is 1. The molecule has 0 saturated heterocycles. The zero-order valence-electron chi connectivity index (χ0n) is 9.71. The van der Waals surface area contributed by atoms with Gasteiger partial charge >= 0.3 is 5.97 Å². The number of nitrogens with one attached hydrogen (secondary N) is 1. The first-order chi connectivity index (χ1) is 9.10. The number of fused-ring (bicyclic) bond motifs is 1. The zero-order chi connectivity index (χ0) is 14.0. The van der Waals surface area contributed by atoms with Crippen molar-refractivity contribution < 1.29 is 19.2 Å². The van der Waals surface area contributed by atoms with E-state index >= 15 is 0 Å². The number of nitrogens with zero attached hydrogens (tertiary/aromatic N) is 1. The predicted molar refractivity (Wildman–Crippen MR) is 69.5 cm³/mol. The summed E-state index contributed by atoms with van der Waals surface area (Å²) in [5, 5.41) is 13.8. The minimum absolute atomic E-state index is 0.119. The largest absolute Gasteiger partial charge is 0.465 e. The maximum absolute atomic E-state index is 11.6. The molecule has 2 rings (SSSR count). The topological polar surface area (TPSA) is 98.5 Å². The number of rotatable bonds is 4. The number of ether oxygens (including phenoxy) is 1. The van der Waals surface area contributed by atoms with Crippen molar-refractivity contribution in [1.82, 2.24) is 0 Å². The molecule has 0 saturated carbocycles. The Morgan fingerprint density at radius 1 is 1.53 bits per heavy atom. The number of carbonyl (C=O) groups excluding carboxylic acids is 2. The number of hydrogen-bond donors (Lipinski definition) is 1. The van der Waals surface area contributed by atoms with Crippen LogP contribution in [0.1, 0.15) is 9.67 Å². The molecule has 0 atom stereocenters. The Bertz CT molecular complexity index is 679. The van der Waals surface area contributed by atoms with Crippen LogP contribution < -0.4 is 5.32 Å². The van der Waals surface area contributed by atoms with Crippen LogP contribution in [-0.2, 0) is 9.53 Å². The van der Waals surface area contributed by atoms with Crippen molar-refractivity contribution in [3.63, 3.8) is 0 Å². The molecule has 1 amide bonds. The summed E-state index contributed by atoms with van der Waals surface area (Å²) >= 11 is 0.914. The fourth-order valence-corrected chi connectivity index (χ4v) is 2.86. The maximum atomic E-state index is 11.6. The third kappa shape index (κ3) is 2.13. The monoisotopic (exact) mass is 280 g/mol. The molecular formula is C11H8N2O5S. The lowest BCUT2D eigenvalue weighted by atomic mass is 10.2. The summed E-state index contributed by atoms with van der Waals surface area (Å²) in [6.45, 7) is 0. The number of carbonyl (C=O) groups is 2. The second kappa shape index (κ2) is 5.02. The fraction of sp³-hybridized carbons (Fsp3) is 0.0909. The Labute approximate surface area is 110 Å². The van der Waals surface area contributed by atoms with E-state index in [0.717, 1.165) is 11.3 Å². The summed E-state index contributed by atoms with van der Waals surface area (Å²) in [6, 6.07) is 4.42. The number of benzene rings is 1. The minimum Gasteiger partial charge on any atom is -0.465 e. The van der Waals surface area contributed by atoms with Gasteiger partial charge in [0.05, 0.1) is 17.7 Å². The number of methoxy groups -OCH3 is 1. The van der Waals surface area contributed by atoms with E-state index in [9.17, 15) is 19.7 Å². The van der Waals surface area contributed by atoms with Crippen LogP contribution in [0.25, 0.3) is 10.1 Å². The van der Waals surface area contributed by atoms with Gasteiger partial charge in [-0.3, -0.25) is 14.9 Å². The molecule has 1 heterocycles. The van der Waals surface area contributed by atoms with Crippen molar-refractivity contribution in [3.05, 3.63) is 33.2 Å². The molecule has 8 heteroatoms. The van der Waals surface area contributed by atoms with E-state index in [-0.39, 0.29) is 16.3 Å². The lowest BCUT2D eigenvalue weighted by molar-refractivity contribution is -0.382. The second-order valence-corrected chi connectivity index (χ2v) is 4.49. The molecule has 1 N–H and O–H groups in total. The molecule has 0 unspecified atom stereocenters. The van der Waals surface area contributed by atoms with Gasteiger partial charge in [0, 0.05) is 11.5 Å². The summed E-state index contributed by atoms with van der Waals surface area (Å²) in [5.74, 6) is -0.653. The molecule has 1 aromatic carbocycles. The molecule has 0 aliphatic heterocycles. The van der Waals surface area contributed by atoms with Gasteiger partial charge in [-0.05, 0) is 0 Å². The summed E-state index contributed by atoms with van der Waals surface area (Å²) in [5.41, 5.74) is 0.108. The van der Waals surface area contributed by atoms with Gasteiger partial charge in [-0.25, -0.2) is 4.79 Å². The molecule has 2 aromatic rings. The van der Waals surface area contributed by atoms with E-state index in [4.69, 9.17) is 0 Å². The molecule has 7 nitrogen and oxygen atoms in total. The summed E-state index contributed by atoms with van der Waals surface area (Å²) < 4.78 is 4.92. The van der Waals surface area contributed by atoms with Crippen LogP contribution in [0.4, 0.5) is 11.4 Å². The average Bonchev–Trinajstić information content (AvgIpc) is 2.77. The highest BCUT2D eigenvalue weighted by Gasteiger charge is 2.23. The van der Waals surface area contributed by atoms with Gasteiger partial charge < -0.3 is 10.1 Å². The van der Waals surface area contributed by atoms with E-state index in [2.05, 4.69) is 10.1 Å². The van der Waals surface area contributed by atoms with Crippen molar-refractivity contribution >= 4 is 45.2 Å². The lowest BCUT2D eigenvalue weighted by Gasteiger charge is -2.00. The van der Waals surface area contributed by atoms with Gasteiger partial charge in [0.1, 0.15) is 9.58 Å². The second-order valence-electron chi connectivity index (χ2n) is 3.47. The van der Waals surface area contributed by atoms with Crippen LogP contribution in [0.5, 0.6) is 0 Å². The number of nitro benzene ring substituents is 1. The molecule has 0 aliphatic rings. The SMILES string of the molecule is COC(=O)c1sc2c([N+](=O)[O-])cccc2c1NC=O. The number of amides is 1. The van der Waals surface area contributed by atoms with E-state index in [0.29, 0.717) is 16.5 Å². The highest BCUT2D eigenvalue weighted by Crippen LogP contribution is 2.40. The van der Waals surface area contributed by atoms with Crippen LogP contribution in [0.15, 0.2) is 18.2 Å². The van der Waals surface area contributed by atoms with Gasteiger partial charge in [0.15, 0.2) is 0 Å². The van der Waals surface area contributed by atoms with Crippen LogP contribution in [0.2, 0.25) is 0 Å². The normalized spacial score (nSPS) is 10.2. The van der Waals surface area contributed by atoms with E-state index < -0.39 is 10.9 Å². The minimum atomic E-state index is -0.653. The van der Waals surface area contributed by atoms with Gasteiger partial charge in [-0.2, -0.15) is 0 Å². The Morgan fingerprint density at radius 3 is 2.84 bits per heavy atom. The first kappa shape index (κ1) is 13.0.